The van der Waals surface area contributed by atoms with E-state index in [1.54, 1.807) is 0 Å². The lowest BCUT2D eigenvalue weighted by molar-refractivity contribution is 0.244. The first-order valence-corrected chi connectivity index (χ1v) is 6.37. The molecule has 3 heteroatoms. The van der Waals surface area contributed by atoms with Gasteiger partial charge in [0.15, 0.2) is 0 Å². The Labute approximate surface area is 104 Å². The van der Waals surface area contributed by atoms with Gasteiger partial charge in [-0.25, -0.2) is 0 Å². The van der Waals surface area contributed by atoms with E-state index in [9.17, 15) is 0 Å². The summed E-state index contributed by atoms with van der Waals surface area (Å²) in [6, 6.07) is 6.67. The van der Waals surface area contributed by atoms with Crippen molar-refractivity contribution >= 4 is 11.4 Å². The van der Waals surface area contributed by atoms with Crippen LogP contribution in [0.4, 0.5) is 11.4 Å². The quantitative estimate of drug-likeness (QED) is 0.814. The molecule has 0 unspecified atom stereocenters. The van der Waals surface area contributed by atoms with Gasteiger partial charge in [0.2, 0.25) is 0 Å². The molecule has 1 aromatic rings. The van der Waals surface area contributed by atoms with Gasteiger partial charge >= 0.3 is 0 Å². The number of hydrogen-bond acceptors (Lipinski definition) is 3. The predicted octanol–water partition coefficient (Wildman–Crippen LogP) is 3.04. The lowest BCUT2D eigenvalue weighted by Gasteiger charge is -2.37. The molecule has 0 amide bonds. The maximum Gasteiger partial charge on any atom is 0.144 e. The number of nitrogens with two attached hydrogens (primary N) is 1. The van der Waals surface area contributed by atoms with Crippen molar-refractivity contribution in [3.63, 3.8) is 0 Å². The number of rotatable bonds is 4. The van der Waals surface area contributed by atoms with Crippen LogP contribution in [0.25, 0.3) is 0 Å². The summed E-state index contributed by atoms with van der Waals surface area (Å²) in [6.07, 6.45) is 4.02. The summed E-state index contributed by atoms with van der Waals surface area (Å²) in [4.78, 5) is 2.28. The highest BCUT2D eigenvalue weighted by molar-refractivity contribution is 5.74. The summed E-state index contributed by atoms with van der Waals surface area (Å²) in [7, 11) is 2.12. The second kappa shape index (κ2) is 4.86. The Morgan fingerprint density at radius 2 is 2.06 bits per heavy atom. The summed E-state index contributed by atoms with van der Waals surface area (Å²) < 4.78 is 5.72. The van der Waals surface area contributed by atoms with Crippen LogP contribution in [0.15, 0.2) is 18.2 Å². The first-order valence-electron chi connectivity index (χ1n) is 6.37. The number of nitrogen functional groups attached to an aromatic ring is 1. The Kier molecular flexibility index (Phi) is 3.46. The van der Waals surface area contributed by atoms with Gasteiger partial charge in [-0.2, -0.15) is 0 Å². The van der Waals surface area contributed by atoms with Crippen LogP contribution in [0.2, 0.25) is 0 Å². The summed E-state index contributed by atoms with van der Waals surface area (Å²) in [5.74, 6) is 0.795. The number of ether oxygens (including phenoxy) is 1. The van der Waals surface area contributed by atoms with Crippen molar-refractivity contribution in [1.29, 1.82) is 0 Å². The Morgan fingerprint density at radius 3 is 2.59 bits per heavy atom. The molecule has 0 radical (unpaired) electrons. The van der Waals surface area contributed by atoms with Gasteiger partial charge < -0.3 is 15.4 Å². The average molecular weight is 234 g/mol. The summed E-state index contributed by atoms with van der Waals surface area (Å²) >= 11 is 0. The predicted molar refractivity (Wildman–Crippen MR) is 72.7 cm³/mol. The van der Waals surface area contributed by atoms with Crippen LogP contribution in [0.3, 0.4) is 0 Å². The molecule has 1 aliphatic carbocycles. The number of para-hydroxylation sites is 1. The van der Waals surface area contributed by atoms with E-state index in [1.807, 2.05) is 26.0 Å². The normalized spacial score (nSPS) is 15.8. The molecule has 0 saturated heterocycles. The van der Waals surface area contributed by atoms with Crippen LogP contribution >= 0.6 is 0 Å². The van der Waals surface area contributed by atoms with Crippen LogP contribution in [0.5, 0.6) is 5.75 Å². The average Bonchev–Trinajstić information content (AvgIpc) is 2.17. The van der Waals surface area contributed by atoms with E-state index in [0.29, 0.717) is 6.04 Å². The number of hydrogen-bond donors (Lipinski definition) is 1. The standard InChI is InChI=1S/C14H22N2O/c1-10(2)17-13-9-5-8-12(14(13)15)16(3)11-6-4-7-11/h5,8-11H,4,6-7,15H2,1-3H3. The van der Waals surface area contributed by atoms with Gasteiger partial charge in [0.05, 0.1) is 17.5 Å². The molecule has 3 nitrogen and oxygen atoms in total. The maximum atomic E-state index is 6.18. The molecule has 0 atom stereocenters. The minimum atomic E-state index is 0.154. The van der Waals surface area contributed by atoms with Crippen molar-refractivity contribution in [2.45, 2.75) is 45.3 Å². The third-order valence-electron chi connectivity index (χ3n) is 3.41. The Morgan fingerprint density at radius 1 is 1.35 bits per heavy atom. The SMILES string of the molecule is CC(C)Oc1cccc(N(C)C2CCC2)c1N. The minimum absolute atomic E-state index is 0.154. The van der Waals surface area contributed by atoms with Gasteiger partial charge in [-0.3, -0.25) is 0 Å². The van der Waals surface area contributed by atoms with Gasteiger partial charge in [0, 0.05) is 13.1 Å². The smallest absolute Gasteiger partial charge is 0.144 e. The third-order valence-corrected chi connectivity index (χ3v) is 3.41. The molecule has 0 heterocycles. The zero-order valence-corrected chi connectivity index (χ0v) is 10.9. The van der Waals surface area contributed by atoms with Gasteiger partial charge in [0.1, 0.15) is 5.75 Å². The molecule has 0 aliphatic heterocycles. The highest BCUT2D eigenvalue weighted by atomic mass is 16.5. The monoisotopic (exact) mass is 234 g/mol. The molecule has 0 spiro atoms. The van der Waals surface area contributed by atoms with E-state index in [2.05, 4.69) is 18.0 Å². The van der Waals surface area contributed by atoms with Crippen LogP contribution in [0.1, 0.15) is 33.1 Å². The fraction of sp³-hybridized carbons (Fsp3) is 0.571. The molecule has 17 heavy (non-hydrogen) atoms. The first-order chi connectivity index (χ1) is 8.09. The molecule has 1 aliphatic rings. The molecule has 2 N–H and O–H groups in total. The maximum absolute atomic E-state index is 6.18. The molecular weight excluding hydrogens is 212 g/mol. The number of nitrogens with zero attached hydrogens (tertiary/aromatic N) is 1. The van der Waals surface area contributed by atoms with E-state index in [-0.39, 0.29) is 6.10 Å². The highest BCUT2D eigenvalue weighted by Crippen LogP contribution is 2.36. The zero-order valence-electron chi connectivity index (χ0n) is 10.9. The zero-order chi connectivity index (χ0) is 12.4. The van der Waals surface area contributed by atoms with E-state index >= 15 is 0 Å². The summed E-state index contributed by atoms with van der Waals surface area (Å²) in [5, 5.41) is 0. The van der Waals surface area contributed by atoms with E-state index in [4.69, 9.17) is 10.5 Å². The van der Waals surface area contributed by atoms with Crippen molar-refractivity contribution in [3.05, 3.63) is 18.2 Å². The molecule has 94 valence electrons. The van der Waals surface area contributed by atoms with Crippen molar-refractivity contribution in [1.82, 2.24) is 0 Å². The molecule has 0 aromatic heterocycles. The van der Waals surface area contributed by atoms with E-state index in [1.165, 1.54) is 19.3 Å². The second-order valence-corrected chi connectivity index (χ2v) is 5.05. The largest absolute Gasteiger partial charge is 0.489 e. The molecular formula is C14H22N2O. The fourth-order valence-electron chi connectivity index (χ4n) is 2.17. The lowest BCUT2D eigenvalue weighted by Crippen LogP contribution is -2.37. The van der Waals surface area contributed by atoms with Crippen LogP contribution in [-0.2, 0) is 0 Å². The van der Waals surface area contributed by atoms with E-state index < -0.39 is 0 Å². The Bertz CT molecular complexity index is 386. The third kappa shape index (κ3) is 2.48. The van der Waals surface area contributed by atoms with Gasteiger partial charge in [0.25, 0.3) is 0 Å². The number of anilines is 2. The topological polar surface area (TPSA) is 38.5 Å². The van der Waals surface area contributed by atoms with Gasteiger partial charge in [-0.05, 0) is 45.2 Å². The summed E-state index contributed by atoms with van der Waals surface area (Å²) in [6.45, 7) is 4.03. The number of benzene rings is 1. The molecule has 1 aromatic carbocycles. The minimum Gasteiger partial charge on any atom is -0.489 e. The first kappa shape index (κ1) is 12.1. The molecule has 0 bridgehead atoms. The summed E-state index contributed by atoms with van der Waals surface area (Å²) in [5.41, 5.74) is 8.03. The molecule has 2 rings (SSSR count). The highest BCUT2D eigenvalue weighted by Gasteiger charge is 2.24. The van der Waals surface area contributed by atoms with Crippen molar-refractivity contribution < 1.29 is 4.74 Å². The molecule has 1 saturated carbocycles. The molecule has 1 fully saturated rings. The van der Waals surface area contributed by atoms with Gasteiger partial charge in [-0.15, -0.1) is 0 Å². The van der Waals surface area contributed by atoms with Crippen molar-refractivity contribution in [2.75, 3.05) is 17.7 Å². The Balaban J connectivity index is 2.21. The van der Waals surface area contributed by atoms with Crippen LogP contribution < -0.4 is 15.4 Å². The van der Waals surface area contributed by atoms with Gasteiger partial charge in [-0.1, -0.05) is 6.07 Å². The fourth-order valence-corrected chi connectivity index (χ4v) is 2.17. The van der Waals surface area contributed by atoms with E-state index in [0.717, 1.165) is 17.1 Å². The Hall–Kier alpha value is -1.38. The van der Waals surface area contributed by atoms with Crippen molar-refractivity contribution in [3.8, 4) is 5.75 Å². The lowest BCUT2D eigenvalue weighted by atomic mass is 9.91. The second-order valence-electron chi connectivity index (χ2n) is 5.05. The van der Waals surface area contributed by atoms with Crippen molar-refractivity contribution in [2.24, 2.45) is 0 Å². The van der Waals surface area contributed by atoms with Crippen LogP contribution in [-0.4, -0.2) is 19.2 Å². The van der Waals surface area contributed by atoms with Crippen LogP contribution in [0, 0.1) is 0 Å².